The predicted octanol–water partition coefficient (Wildman–Crippen LogP) is 1.80. The number of rotatable bonds is 2. The van der Waals surface area contributed by atoms with Crippen LogP contribution in [-0.2, 0) is 4.74 Å². The van der Waals surface area contributed by atoms with Gasteiger partial charge in [0, 0.05) is 6.04 Å². The van der Waals surface area contributed by atoms with Crippen LogP contribution in [0, 0.1) is 5.92 Å². The normalized spacial score (nSPS) is 37.2. The monoisotopic (exact) mass is 171 g/mol. The van der Waals surface area contributed by atoms with E-state index in [1.807, 2.05) is 7.05 Å². The van der Waals surface area contributed by atoms with Crippen molar-refractivity contribution >= 4 is 0 Å². The van der Waals surface area contributed by atoms with Crippen LogP contribution in [0.25, 0.3) is 0 Å². The second-order valence-electron chi connectivity index (χ2n) is 4.10. The van der Waals surface area contributed by atoms with Gasteiger partial charge in [0.25, 0.3) is 0 Å². The molecule has 1 aliphatic heterocycles. The smallest absolute Gasteiger partial charge is 0.0703 e. The molecular formula is C10H21NO. The minimum atomic E-state index is 0.371. The lowest BCUT2D eigenvalue weighted by atomic mass is 9.94. The van der Waals surface area contributed by atoms with Crippen LogP contribution < -0.4 is 5.32 Å². The third-order valence-electron chi connectivity index (χ3n) is 2.83. The van der Waals surface area contributed by atoms with Crippen LogP contribution in [0.4, 0.5) is 0 Å². The quantitative estimate of drug-likeness (QED) is 0.684. The summed E-state index contributed by atoms with van der Waals surface area (Å²) in [6, 6.07) is 0.556. The molecule has 12 heavy (non-hydrogen) atoms. The molecule has 0 amide bonds. The predicted molar refractivity (Wildman–Crippen MR) is 51.3 cm³/mol. The number of ether oxygens (including phenoxy) is 1. The Balaban J connectivity index is 2.40. The summed E-state index contributed by atoms with van der Waals surface area (Å²) in [5, 5.41) is 3.29. The standard InChI is InChI=1S/C10H21NO/c1-7(2)10-6-5-9(11-4)8(3)12-10/h7-11H,5-6H2,1-4H3. The van der Waals surface area contributed by atoms with E-state index in [2.05, 4.69) is 26.1 Å². The minimum Gasteiger partial charge on any atom is -0.373 e. The van der Waals surface area contributed by atoms with Gasteiger partial charge in [-0.25, -0.2) is 0 Å². The van der Waals surface area contributed by atoms with Gasteiger partial charge in [-0.15, -0.1) is 0 Å². The lowest BCUT2D eigenvalue weighted by molar-refractivity contribution is -0.0772. The van der Waals surface area contributed by atoms with Gasteiger partial charge in [-0.3, -0.25) is 0 Å². The first-order chi connectivity index (χ1) is 5.65. The maximum absolute atomic E-state index is 5.89. The van der Waals surface area contributed by atoms with Gasteiger partial charge in [-0.05, 0) is 32.7 Å². The molecule has 1 rings (SSSR count). The Kier molecular flexibility index (Phi) is 3.53. The third-order valence-corrected chi connectivity index (χ3v) is 2.83. The highest BCUT2D eigenvalue weighted by Gasteiger charge is 2.28. The van der Waals surface area contributed by atoms with E-state index in [0.29, 0.717) is 24.2 Å². The molecule has 3 atom stereocenters. The summed E-state index contributed by atoms with van der Waals surface area (Å²) in [4.78, 5) is 0. The van der Waals surface area contributed by atoms with Gasteiger partial charge >= 0.3 is 0 Å². The lowest BCUT2D eigenvalue weighted by Gasteiger charge is -2.36. The van der Waals surface area contributed by atoms with Crippen molar-refractivity contribution in [2.24, 2.45) is 5.92 Å². The van der Waals surface area contributed by atoms with Gasteiger partial charge in [0.15, 0.2) is 0 Å². The molecule has 0 radical (unpaired) electrons. The van der Waals surface area contributed by atoms with Crippen LogP contribution in [0.2, 0.25) is 0 Å². The highest BCUT2D eigenvalue weighted by Crippen LogP contribution is 2.23. The molecule has 1 heterocycles. The molecule has 2 nitrogen and oxygen atoms in total. The van der Waals surface area contributed by atoms with E-state index < -0.39 is 0 Å². The van der Waals surface area contributed by atoms with Gasteiger partial charge in [0.2, 0.25) is 0 Å². The zero-order chi connectivity index (χ0) is 9.14. The van der Waals surface area contributed by atoms with E-state index in [1.54, 1.807) is 0 Å². The summed E-state index contributed by atoms with van der Waals surface area (Å²) in [5.41, 5.74) is 0. The first-order valence-corrected chi connectivity index (χ1v) is 4.98. The van der Waals surface area contributed by atoms with Crippen LogP contribution in [0.1, 0.15) is 33.6 Å². The molecule has 0 aromatic rings. The Bertz CT molecular complexity index is 136. The topological polar surface area (TPSA) is 21.3 Å². The van der Waals surface area contributed by atoms with Crippen molar-refractivity contribution in [3.05, 3.63) is 0 Å². The summed E-state index contributed by atoms with van der Waals surface area (Å²) >= 11 is 0. The maximum Gasteiger partial charge on any atom is 0.0703 e. The second-order valence-corrected chi connectivity index (χ2v) is 4.10. The Labute approximate surface area is 75.7 Å². The minimum absolute atomic E-state index is 0.371. The zero-order valence-electron chi connectivity index (χ0n) is 8.63. The molecule has 0 aliphatic carbocycles. The molecule has 0 bridgehead atoms. The fourth-order valence-corrected chi connectivity index (χ4v) is 1.89. The van der Waals surface area contributed by atoms with E-state index in [-0.39, 0.29) is 0 Å². The summed E-state index contributed by atoms with van der Waals surface area (Å²) < 4.78 is 5.89. The summed E-state index contributed by atoms with van der Waals surface area (Å²) in [6.07, 6.45) is 3.30. The van der Waals surface area contributed by atoms with Crippen molar-refractivity contribution in [3.63, 3.8) is 0 Å². The highest BCUT2D eigenvalue weighted by atomic mass is 16.5. The molecule has 0 aromatic heterocycles. The summed E-state index contributed by atoms with van der Waals surface area (Å²) in [7, 11) is 2.01. The number of hydrogen-bond acceptors (Lipinski definition) is 2. The van der Waals surface area contributed by atoms with Gasteiger partial charge in [0.1, 0.15) is 0 Å². The van der Waals surface area contributed by atoms with Crippen LogP contribution in [0.3, 0.4) is 0 Å². The van der Waals surface area contributed by atoms with Crippen molar-refractivity contribution in [1.82, 2.24) is 5.32 Å². The van der Waals surface area contributed by atoms with E-state index in [1.165, 1.54) is 12.8 Å². The number of hydrogen-bond donors (Lipinski definition) is 1. The van der Waals surface area contributed by atoms with Crippen molar-refractivity contribution in [3.8, 4) is 0 Å². The van der Waals surface area contributed by atoms with Crippen LogP contribution in [0.5, 0.6) is 0 Å². The Morgan fingerprint density at radius 1 is 1.33 bits per heavy atom. The van der Waals surface area contributed by atoms with E-state index in [4.69, 9.17) is 4.74 Å². The fraction of sp³-hybridized carbons (Fsp3) is 1.00. The molecule has 72 valence electrons. The molecule has 1 N–H and O–H groups in total. The summed E-state index contributed by atoms with van der Waals surface area (Å²) in [6.45, 7) is 6.63. The first kappa shape index (κ1) is 10.0. The second kappa shape index (κ2) is 4.24. The van der Waals surface area contributed by atoms with E-state index in [0.717, 1.165) is 0 Å². The van der Waals surface area contributed by atoms with Crippen LogP contribution in [-0.4, -0.2) is 25.3 Å². The van der Waals surface area contributed by atoms with Crippen molar-refractivity contribution in [2.45, 2.75) is 51.9 Å². The van der Waals surface area contributed by atoms with Crippen molar-refractivity contribution in [2.75, 3.05) is 7.05 Å². The van der Waals surface area contributed by atoms with Gasteiger partial charge < -0.3 is 10.1 Å². The maximum atomic E-state index is 5.89. The van der Waals surface area contributed by atoms with Crippen LogP contribution >= 0.6 is 0 Å². The number of nitrogens with one attached hydrogen (secondary N) is 1. The molecule has 3 unspecified atom stereocenters. The molecule has 0 aromatic carbocycles. The first-order valence-electron chi connectivity index (χ1n) is 4.98. The SMILES string of the molecule is CNC1CCC(C(C)C)OC1C. The molecule has 0 saturated carbocycles. The third kappa shape index (κ3) is 2.20. The Hall–Kier alpha value is -0.0800. The Morgan fingerprint density at radius 2 is 2.00 bits per heavy atom. The largest absolute Gasteiger partial charge is 0.373 e. The van der Waals surface area contributed by atoms with Crippen molar-refractivity contribution < 1.29 is 4.74 Å². The summed E-state index contributed by atoms with van der Waals surface area (Å²) in [5.74, 6) is 0.658. The van der Waals surface area contributed by atoms with Gasteiger partial charge in [-0.1, -0.05) is 13.8 Å². The average molecular weight is 171 g/mol. The molecule has 1 saturated heterocycles. The molecule has 2 heteroatoms. The van der Waals surface area contributed by atoms with Gasteiger partial charge in [0.05, 0.1) is 12.2 Å². The highest BCUT2D eigenvalue weighted by molar-refractivity contribution is 4.81. The van der Waals surface area contributed by atoms with Gasteiger partial charge in [-0.2, -0.15) is 0 Å². The fourth-order valence-electron chi connectivity index (χ4n) is 1.89. The molecule has 0 spiro atoms. The molecule has 1 aliphatic rings. The number of likely N-dealkylation sites (N-methyl/N-ethyl adjacent to an activating group) is 1. The lowest BCUT2D eigenvalue weighted by Crippen LogP contribution is -2.45. The average Bonchev–Trinajstić information content (AvgIpc) is 2.04. The van der Waals surface area contributed by atoms with Crippen LogP contribution in [0.15, 0.2) is 0 Å². The van der Waals surface area contributed by atoms with E-state index >= 15 is 0 Å². The van der Waals surface area contributed by atoms with E-state index in [9.17, 15) is 0 Å². The van der Waals surface area contributed by atoms with Crippen molar-refractivity contribution in [1.29, 1.82) is 0 Å². The molecular weight excluding hydrogens is 150 g/mol. The zero-order valence-corrected chi connectivity index (χ0v) is 8.63. The molecule has 1 fully saturated rings. The Morgan fingerprint density at radius 3 is 2.42 bits per heavy atom.